The summed E-state index contributed by atoms with van der Waals surface area (Å²) < 4.78 is 5.31. The second kappa shape index (κ2) is 5.84. The van der Waals surface area contributed by atoms with Crippen molar-refractivity contribution in [3.8, 4) is 0 Å². The number of fused-ring (bicyclic) bond motifs is 1. The molecule has 3 nitrogen and oxygen atoms in total. The van der Waals surface area contributed by atoms with Gasteiger partial charge in [0.05, 0.1) is 13.2 Å². The fraction of sp³-hybridized carbons (Fsp3) is 0.308. The van der Waals surface area contributed by atoms with Crippen molar-refractivity contribution in [3.63, 3.8) is 0 Å². The maximum absolute atomic E-state index is 11.8. The van der Waals surface area contributed by atoms with E-state index in [4.69, 9.17) is 16.3 Å². The molecule has 1 aromatic rings. The standard InChI is InChI=1S/C13H14ClNO2/c14-5-1-2-6-15-13(16)10-3-4-11-8-17-9-12(11)7-10/h1-4,7H,5-6,8-9H2,(H,15,16)/b2-1+. The third kappa shape index (κ3) is 3.08. The van der Waals surface area contributed by atoms with Gasteiger partial charge in [0.25, 0.3) is 5.91 Å². The van der Waals surface area contributed by atoms with E-state index in [1.54, 1.807) is 6.08 Å². The van der Waals surface area contributed by atoms with Gasteiger partial charge < -0.3 is 10.1 Å². The van der Waals surface area contributed by atoms with Gasteiger partial charge in [-0.2, -0.15) is 0 Å². The molecular formula is C13H14ClNO2. The molecule has 0 atom stereocenters. The van der Waals surface area contributed by atoms with Gasteiger partial charge in [0, 0.05) is 18.0 Å². The Bertz CT molecular complexity index is 443. The Hall–Kier alpha value is -1.32. The molecule has 0 unspecified atom stereocenters. The van der Waals surface area contributed by atoms with Crippen LogP contribution in [0.25, 0.3) is 0 Å². The number of halogens is 1. The molecule has 0 spiro atoms. The van der Waals surface area contributed by atoms with Gasteiger partial charge in [-0.15, -0.1) is 11.6 Å². The Labute approximate surface area is 105 Å². The number of ether oxygens (including phenoxy) is 1. The van der Waals surface area contributed by atoms with E-state index in [1.807, 2.05) is 24.3 Å². The van der Waals surface area contributed by atoms with Gasteiger partial charge in [0.15, 0.2) is 0 Å². The van der Waals surface area contributed by atoms with Gasteiger partial charge in [-0.25, -0.2) is 0 Å². The van der Waals surface area contributed by atoms with E-state index in [-0.39, 0.29) is 5.91 Å². The molecule has 0 aromatic heterocycles. The number of allylic oxidation sites excluding steroid dienone is 1. The fourth-order valence-electron chi connectivity index (χ4n) is 1.71. The first-order valence-electron chi connectivity index (χ1n) is 5.50. The van der Waals surface area contributed by atoms with Gasteiger partial charge in [-0.1, -0.05) is 18.2 Å². The van der Waals surface area contributed by atoms with Crippen LogP contribution in [0.2, 0.25) is 0 Å². The maximum atomic E-state index is 11.8. The predicted molar refractivity (Wildman–Crippen MR) is 67.1 cm³/mol. The van der Waals surface area contributed by atoms with Crippen LogP contribution in [0.3, 0.4) is 0 Å². The number of alkyl halides is 1. The molecule has 1 heterocycles. The van der Waals surface area contributed by atoms with E-state index in [0.717, 1.165) is 5.56 Å². The van der Waals surface area contributed by atoms with Crippen molar-refractivity contribution in [2.75, 3.05) is 12.4 Å². The molecule has 1 N–H and O–H groups in total. The van der Waals surface area contributed by atoms with Gasteiger partial charge in [-0.3, -0.25) is 4.79 Å². The second-order valence-electron chi connectivity index (χ2n) is 3.81. The van der Waals surface area contributed by atoms with Crippen molar-refractivity contribution in [2.45, 2.75) is 13.2 Å². The first-order chi connectivity index (χ1) is 8.31. The van der Waals surface area contributed by atoms with Crippen LogP contribution in [-0.4, -0.2) is 18.3 Å². The molecule has 1 aliphatic heterocycles. The predicted octanol–water partition coefficient (Wildman–Crippen LogP) is 2.24. The van der Waals surface area contributed by atoms with E-state index in [1.165, 1.54) is 5.56 Å². The van der Waals surface area contributed by atoms with Crippen LogP contribution in [-0.2, 0) is 18.0 Å². The third-order valence-electron chi connectivity index (χ3n) is 2.62. The topological polar surface area (TPSA) is 38.3 Å². The number of nitrogens with one attached hydrogen (secondary N) is 1. The molecule has 1 amide bonds. The number of hydrogen-bond acceptors (Lipinski definition) is 2. The number of carbonyl (C=O) groups is 1. The number of amides is 1. The Morgan fingerprint density at radius 1 is 1.35 bits per heavy atom. The van der Waals surface area contributed by atoms with Crippen LogP contribution in [0.15, 0.2) is 30.4 Å². The Morgan fingerprint density at radius 2 is 2.18 bits per heavy atom. The van der Waals surface area contributed by atoms with Crippen molar-refractivity contribution in [3.05, 3.63) is 47.0 Å². The lowest BCUT2D eigenvalue weighted by molar-refractivity contribution is 0.0958. The first-order valence-corrected chi connectivity index (χ1v) is 6.03. The largest absolute Gasteiger partial charge is 0.372 e. The number of benzene rings is 1. The van der Waals surface area contributed by atoms with Crippen molar-refractivity contribution >= 4 is 17.5 Å². The smallest absolute Gasteiger partial charge is 0.251 e. The SMILES string of the molecule is O=C(NC/C=C/CCl)c1ccc2c(c1)COC2. The zero-order valence-electron chi connectivity index (χ0n) is 9.41. The maximum Gasteiger partial charge on any atom is 0.251 e. The number of carbonyl (C=O) groups excluding carboxylic acids is 1. The minimum atomic E-state index is -0.0704. The lowest BCUT2D eigenvalue weighted by Gasteiger charge is -2.04. The van der Waals surface area contributed by atoms with Crippen LogP contribution in [0, 0.1) is 0 Å². The number of rotatable bonds is 4. The number of hydrogen-bond donors (Lipinski definition) is 1. The van der Waals surface area contributed by atoms with E-state index in [2.05, 4.69) is 5.32 Å². The minimum absolute atomic E-state index is 0.0704. The van der Waals surface area contributed by atoms with Gasteiger partial charge >= 0.3 is 0 Å². The first kappa shape index (κ1) is 12.1. The molecule has 0 radical (unpaired) electrons. The van der Waals surface area contributed by atoms with E-state index in [9.17, 15) is 4.79 Å². The van der Waals surface area contributed by atoms with Gasteiger partial charge in [0.1, 0.15) is 0 Å². The molecule has 17 heavy (non-hydrogen) atoms. The average molecular weight is 252 g/mol. The highest BCUT2D eigenvalue weighted by atomic mass is 35.5. The van der Waals surface area contributed by atoms with Crippen LogP contribution < -0.4 is 5.32 Å². The molecule has 1 aliphatic rings. The summed E-state index contributed by atoms with van der Waals surface area (Å²) in [5.74, 6) is 0.394. The summed E-state index contributed by atoms with van der Waals surface area (Å²) in [6.07, 6.45) is 3.64. The summed E-state index contributed by atoms with van der Waals surface area (Å²) in [4.78, 5) is 11.8. The highest BCUT2D eigenvalue weighted by Crippen LogP contribution is 2.20. The van der Waals surface area contributed by atoms with Crippen molar-refractivity contribution in [1.82, 2.24) is 5.32 Å². The molecule has 2 rings (SSSR count). The highest BCUT2D eigenvalue weighted by molar-refractivity contribution is 6.18. The van der Waals surface area contributed by atoms with Crippen LogP contribution in [0.1, 0.15) is 21.5 Å². The van der Waals surface area contributed by atoms with Crippen LogP contribution in [0.5, 0.6) is 0 Å². The van der Waals surface area contributed by atoms with E-state index < -0.39 is 0 Å². The van der Waals surface area contributed by atoms with Crippen LogP contribution in [0.4, 0.5) is 0 Å². The van der Waals surface area contributed by atoms with Crippen molar-refractivity contribution in [2.24, 2.45) is 0 Å². The average Bonchev–Trinajstić information content (AvgIpc) is 2.81. The highest BCUT2D eigenvalue weighted by Gasteiger charge is 2.13. The summed E-state index contributed by atoms with van der Waals surface area (Å²) in [5, 5.41) is 2.80. The lowest BCUT2D eigenvalue weighted by atomic mass is 10.1. The summed E-state index contributed by atoms with van der Waals surface area (Å²) in [5.41, 5.74) is 2.95. The molecule has 0 fully saturated rings. The molecule has 4 heteroatoms. The normalized spacial score (nSPS) is 13.9. The Kier molecular flexibility index (Phi) is 4.18. The molecule has 0 aliphatic carbocycles. The Morgan fingerprint density at radius 3 is 3.00 bits per heavy atom. The van der Waals surface area contributed by atoms with Crippen molar-refractivity contribution in [1.29, 1.82) is 0 Å². The van der Waals surface area contributed by atoms with Crippen molar-refractivity contribution < 1.29 is 9.53 Å². The molecular weight excluding hydrogens is 238 g/mol. The summed E-state index contributed by atoms with van der Waals surface area (Å²) in [6.45, 7) is 1.75. The minimum Gasteiger partial charge on any atom is -0.372 e. The lowest BCUT2D eigenvalue weighted by Crippen LogP contribution is -2.23. The second-order valence-corrected chi connectivity index (χ2v) is 4.12. The molecule has 0 saturated carbocycles. The molecule has 0 bridgehead atoms. The van der Waals surface area contributed by atoms with Crippen LogP contribution >= 0.6 is 11.6 Å². The molecule has 90 valence electrons. The molecule has 1 aromatic carbocycles. The monoisotopic (exact) mass is 251 g/mol. The fourth-order valence-corrected chi connectivity index (χ4v) is 1.84. The van der Waals surface area contributed by atoms with Gasteiger partial charge in [-0.05, 0) is 23.3 Å². The van der Waals surface area contributed by atoms with E-state index in [0.29, 0.717) is 31.2 Å². The van der Waals surface area contributed by atoms with E-state index >= 15 is 0 Å². The molecule has 0 saturated heterocycles. The third-order valence-corrected chi connectivity index (χ3v) is 2.80. The zero-order chi connectivity index (χ0) is 12.1. The summed E-state index contributed by atoms with van der Waals surface area (Å²) >= 11 is 5.48. The summed E-state index contributed by atoms with van der Waals surface area (Å²) in [6, 6.07) is 5.67. The Balaban J connectivity index is 1.97. The quantitative estimate of drug-likeness (QED) is 0.658. The van der Waals surface area contributed by atoms with Gasteiger partial charge in [0.2, 0.25) is 0 Å². The summed E-state index contributed by atoms with van der Waals surface area (Å²) in [7, 11) is 0. The zero-order valence-corrected chi connectivity index (χ0v) is 10.2.